The zero-order valence-electron chi connectivity index (χ0n) is 12.8. The average molecular weight is 269 g/mol. The van der Waals surface area contributed by atoms with Crippen LogP contribution in [0.1, 0.15) is 23.7 Å². The van der Waals surface area contributed by atoms with E-state index >= 15 is 0 Å². The van der Waals surface area contributed by atoms with Gasteiger partial charge in [-0.2, -0.15) is 0 Å². The zero-order valence-corrected chi connectivity index (χ0v) is 12.8. The maximum absolute atomic E-state index is 4.73. The van der Waals surface area contributed by atoms with Gasteiger partial charge in [0.25, 0.3) is 0 Å². The van der Waals surface area contributed by atoms with E-state index in [4.69, 9.17) is 4.98 Å². The summed E-state index contributed by atoms with van der Waals surface area (Å²) in [5.74, 6) is 0.983. The van der Waals surface area contributed by atoms with E-state index in [0.717, 1.165) is 24.6 Å². The molecule has 3 nitrogen and oxygen atoms in total. The van der Waals surface area contributed by atoms with Gasteiger partial charge in [-0.3, -0.25) is 0 Å². The van der Waals surface area contributed by atoms with Gasteiger partial charge in [0.05, 0.1) is 0 Å². The maximum atomic E-state index is 4.73. The molecule has 3 heteroatoms. The summed E-state index contributed by atoms with van der Waals surface area (Å²) in [5, 5.41) is 3.34. The largest absolute Gasteiger partial charge is 0.329 e. The predicted octanol–water partition coefficient (Wildman–Crippen LogP) is 3.58. The number of para-hydroxylation sites is 1. The summed E-state index contributed by atoms with van der Waals surface area (Å²) in [7, 11) is 2.06. The van der Waals surface area contributed by atoms with Crippen molar-refractivity contribution in [2.24, 2.45) is 0 Å². The number of hydrogen-bond acceptors (Lipinski definition) is 3. The van der Waals surface area contributed by atoms with Crippen LogP contribution in [0.4, 0.5) is 11.5 Å². The fourth-order valence-electron chi connectivity index (χ4n) is 2.27. The molecule has 0 unspecified atom stereocenters. The third-order valence-electron chi connectivity index (χ3n) is 3.57. The number of rotatable bonds is 5. The van der Waals surface area contributed by atoms with Crippen molar-refractivity contribution in [2.75, 3.05) is 18.5 Å². The highest BCUT2D eigenvalue weighted by molar-refractivity contribution is 5.63. The Morgan fingerprint density at radius 1 is 1.10 bits per heavy atom. The van der Waals surface area contributed by atoms with Crippen molar-refractivity contribution >= 4 is 11.5 Å². The Labute approximate surface area is 121 Å². The summed E-state index contributed by atoms with van der Waals surface area (Å²) >= 11 is 0. The first kappa shape index (κ1) is 14.5. The second kappa shape index (κ2) is 6.53. The molecule has 0 spiro atoms. The minimum absolute atomic E-state index is 0.879. The van der Waals surface area contributed by atoms with Crippen LogP contribution in [0.15, 0.2) is 36.4 Å². The van der Waals surface area contributed by atoms with Crippen LogP contribution in [0, 0.1) is 13.8 Å². The van der Waals surface area contributed by atoms with E-state index in [0.29, 0.717) is 0 Å². The van der Waals surface area contributed by atoms with E-state index in [1.165, 1.54) is 16.8 Å². The number of aromatic nitrogens is 1. The molecule has 0 saturated heterocycles. The fraction of sp³-hybridized carbons (Fsp3) is 0.353. The molecular formula is C17H23N3. The molecule has 1 N–H and O–H groups in total. The van der Waals surface area contributed by atoms with Gasteiger partial charge in [-0.05, 0) is 43.7 Å². The Morgan fingerprint density at radius 2 is 1.85 bits per heavy atom. The van der Waals surface area contributed by atoms with Crippen molar-refractivity contribution in [3.05, 3.63) is 53.2 Å². The van der Waals surface area contributed by atoms with Crippen LogP contribution in [0.2, 0.25) is 0 Å². The normalized spacial score (nSPS) is 10.6. The SMILES string of the molecule is CCNCc1ccc(N(C)c2ccccc2C)nc1C. The summed E-state index contributed by atoms with van der Waals surface area (Å²) in [5.41, 5.74) is 4.79. The lowest BCUT2D eigenvalue weighted by Crippen LogP contribution is -2.16. The smallest absolute Gasteiger partial charge is 0.132 e. The van der Waals surface area contributed by atoms with Crippen LogP contribution in [0.5, 0.6) is 0 Å². The minimum Gasteiger partial charge on any atom is -0.329 e. The highest BCUT2D eigenvalue weighted by Crippen LogP contribution is 2.25. The van der Waals surface area contributed by atoms with Crippen molar-refractivity contribution in [2.45, 2.75) is 27.3 Å². The number of nitrogens with zero attached hydrogens (tertiary/aromatic N) is 2. The van der Waals surface area contributed by atoms with E-state index in [1.807, 2.05) is 0 Å². The van der Waals surface area contributed by atoms with E-state index in [9.17, 15) is 0 Å². The summed E-state index contributed by atoms with van der Waals surface area (Å²) in [6.07, 6.45) is 0. The molecule has 0 aliphatic carbocycles. The number of benzene rings is 1. The fourth-order valence-corrected chi connectivity index (χ4v) is 2.27. The lowest BCUT2D eigenvalue weighted by atomic mass is 10.1. The van der Waals surface area contributed by atoms with E-state index in [2.05, 4.69) is 74.4 Å². The lowest BCUT2D eigenvalue weighted by molar-refractivity contribution is 0.720. The molecule has 1 aromatic heterocycles. The molecule has 0 atom stereocenters. The first-order valence-corrected chi connectivity index (χ1v) is 7.10. The highest BCUT2D eigenvalue weighted by Gasteiger charge is 2.09. The molecule has 0 amide bonds. The molecule has 0 saturated carbocycles. The van der Waals surface area contributed by atoms with Gasteiger partial charge in [0.1, 0.15) is 5.82 Å². The Balaban J connectivity index is 2.25. The molecule has 0 radical (unpaired) electrons. The Morgan fingerprint density at radius 3 is 2.50 bits per heavy atom. The second-order valence-electron chi connectivity index (χ2n) is 5.04. The molecule has 0 aliphatic heterocycles. The molecule has 1 heterocycles. The van der Waals surface area contributed by atoms with E-state index < -0.39 is 0 Å². The zero-order chi connectivity index (χ0) is 14.5. The van der Waals surface area contributed by atoms with Gasteiger partial charge in [0.15, 0.2) is 0 Å². The van der Waals surface area contributed by atoms with E-state index in [-0.39, 0.29) is 0 Å². The summed E-state index contributed by atoms with van der Waals surface area (Å²) in [4.78, 5) is 6.87. The second-order valence-corrected chi connectivity index (χ2v) is 5.04. The standard InChI is InChI=1S/C17H23N3/c1-5-18-12-15-10-11-17(19-14(15)3)20(4)16-9-7-6-8-13(16)2/h6-11,18H,5,12H2,1-4H3. The monoisotopic (exact) mass is 269 g/mol. The lowest BCUT2D eigenvalue weighted by Gasteiger charge is -2.21. The van der Waals surface area contributed by atoms with Crippen molar-refractivity contribution < 1.29 is 0 Å². The number of aryl methyl sites for hydroxylation is 2. The molecule has 106 valence electrons. The van der Waals surface area contributed by atoms with Gasteiger partial charge in [0, 0.05) is 25.0 Å². The Hall–Kier alpha value is -1.87. The van der Waals surface area contributed by atoms with E-state index in [1.54, 1.807) is 0 Å². The third kappa shape index (κ3) is 3.17. The molecule has 2 rings (SSSR count). The number of nitrogens with one attached hydrogen (secondary N) is 1. The summed E-state index contributed by atoms with van der Waals surface area (Å²) < 4.78 is 0. The first-order chi connectivity index (χ1) is 9.63. The van der Waals surface area contributed by atoms with Crippen LogP contribution in [-0.4, -0.2) is 18.6 Å². The van der Waals surface area contributed by atoms with Gasteiger partial charge in [0.2, 0.25) is 0 Å². The van der Waals surface area contributed by atoms with Crippen LogP contribution in [0.3, 0.4) is 0 Å². The average Bonchev–Trinajstić information content (AvgIpc) is 2.46. The van der Waals surface area contributed by atoms with Crippen LogP contribution >= 0.6 is 0 Å². The van der Waals surface area contributed by atoms with Crippen LogP contribution in [0.25, 0.3) is 0 Å². The number of hydrogen-bond donors (Lipinski definition) is 1. The maximum Gasteiger partial charge on any atom is 0.132 e. The van der Waals surface area contributed by atoms with Gasteiger partial charge in [-0.25, -0.2) is 4.98 Å². The molecule has 20 heavy (non-hydrogen) atoms. The van der Waals surface area contributed by atoms with Crippen molar-refractivity contribution in [1.29, 1.82) is 0 Å². The topological polar surface area (TPSA) is 28.2 Å². The highest BCUT2D eigenvalue weighted by atomic mass is 15.2. The van der Waals surface area contributed by atoms with Crippen molar-refractivity contribution in [1.82, 2.24) is 10.3 Å². The summed E-state index contributed by atoms with van der Waals surface area (Å²) in [6, 6.07) is 12.6. The minimum atomic E-state index is 0.879. The molecule has 0 bridgehead atoms. The summed E-state index contributed by atoms with van der Waals surface area (Å²) in [6.45, 7) is 8.16. The molecule has 2 aromatic rings. The molecule has 0 aliphatic rings. The Bertz CT molecular complexity index is 578. The quantitative estimate of drug-likeness (QED) is 0.899. The van der Waals surface area contributed by atoms with Crippen molar-refractivity contribution in [3.8, 4) is 0 Å². The van der Waals surface area contributed by atoms with Gasteiger partial charge in [-0.15, -0.1) is 0 Å². The predicted molar refractivity (Wildman–Crippen MR) is 85.6 cm³/mol. The van der Waals surface area contributed by atoms with Gasteiger partial charge >= 0.3 is 0 Å². The van der Waals surface area contributed by atoms with Crippen LogP contribution < -0.4 is 10.2 Å². The van der Waals surface area contributed by atoms with Crippen LogP contribution in [-0.2, 0) is 6.54 Å². The molecule has 0 fully saturated rings. The molecular weight excluding hydrogens is 246 g/mol. The third-order valence-corrected chi connectivity index (χ3v) is 3.57. The van der Waals surface area contributed by atoms with Gasteiger partial charge in [-0.1, -0.05) is 31.2 Å². The van der Waals surface area contributed by atoms with Crippen molar-refractivity contribution in [3.63, 3.8) is 0 Å². The first-order valence-electron chi connectivity index (χ1n) is 7.10. The number of anilines is 2. The molecule has 1 aromatic carbocycles. The number of pyridine rings is 1. The van der Waals surface area contributed by atoms with Gasteiger partial charge < -0.3 is 10.2 Å². The Kier molecular flexibility index (Phi) is 4.74.